The van der Waals surface area contributed by atoms with Gasteiger partial charge in [0.25, 0.3) is 11.4 Å². The van der Waals surface area contributed by atoms with Crippen molar-refractivity contribution in [3.63, 3.8) is 0 Å². The van der Waals surface area contributed by atoms with Crippen molar-refractivity contribution in [2.75, 3.05) is 20.6 Å². The summed E-state index contributed by atoms with van der Waals surface area (Å²) in [5, 5.41) is 31.9. The van der Waals surface area contributed by atoms with Crippen LogP contribution in [0, 0.1) is 32.1 Å². The summed E-state index contributed by atoms with van der Waals surface area (Å²) >= 11 is 1.27. The number of hydrogen-bond donors (Lipinski definition) is 1. The first kappa shape index (κ1) is 35.3. The maximum atomic E-state index is 13.6. The van der Waals surface area contributed by atoms with E-state index >= 15 is 0 Å². The first-order chi connectivity index (χ1) is 23.2. The summed E-state index contributed by atoms with van der Waals surface area (Å²) in [6, 6.07) is 9.66. The number of rotatable bonds is 11. The van der Waals surface area contributed by atoms with Crippen molar-refractivity contribution >= 4 is 47.0 Å². The minimum absolute atomic E-state index is 0.0287. The van der Waals surface area contributed by atoms with Crippen LogP contribution < -0.4 is 0 Å². The number of nitro benzene ring substituents is 2. The summed E-state index contributed by atoms with van der Waals surface area (Å²) in [5.41, 5.74) is 0.814. The van der Waals surface area contributed by atoms with Crippen molar-refractivity contribution in [1.29, 1.82) is 0 Å². The summed E-state index contributed by atoms with van der Waals surface area (Å²) in [7, 11) is 3.13. The van der Waals surface area contributed by atoms with Gasteiger partial charge in [0, 0.05) is 61.0 Å². The van der Waals surface area contributed by atoms with Crippen LogP contribution in [-0.2, 0) is 37.1 Å². The van der Waals surface area contributed by atoms with E-state index in [9.17, 15) is 44.5 Å². The number of likely N-dealkylation sites (N-methyl/N-ethyl adjacent to an activating group) is 1. The van der Waals surface area contributed by atoms with Gasteiger partial charge in [-0.3, -0.25) is 34.7 Å². The van der Waals surface area contributed by atoms with Gasteiger partial charge in [-0.05, 0) is 48.7 Å². The Morgan fingerprint density at radius 1 is 0.980 bits per heavy atom. The summed E-state index contributed by atoms with van der Waals surface area (Å²) < 4.78 is 11.1. The highest BCUT2D eigenvalue weighted by Crippen LogP contribution is 2.52. The second-order valence-corrected chi connectivity index (χ2v) is 13.7. The van der Waals surface area contributed by atoms with Crippen LogP contribution in [0.2, 0.25) is 0 Å². The maximum Gasteiger partial charge on any atom is 0.410 e. The number of β-lactam (4-membered cyclic amide) rings is 1. The number of amides is 3. The molecule has 17 heteroatoms. The zero-order chi connectivity index (χ0) is 35.7. The number of fused-ring (bicyclic) bond motifs is 1. The van der Waals surface area contributed by atoms with E-state index in [0.717, 1.165) is 0 Å². The molecule has 0 aliphatic carbocycles. The van der Waals surface area contributed by atoms with E-state index < -0.39 is 57.2 Å². The Bertz CT molecular complexity index is 1700. The van der Waals surface area contributed by atoms with E-state index in [1.54, 1.807) is 14.1 Å². The van der Waals surface area contributed by atoms with E-state index in [1.165, 1.54) is 81.9 Å². The lowest BCUT2D eigenvalue weighted by Crippen LogP contribution is -2.63. The summed E-state index contributed by atoms with van der Waals surface area (Å²) in [4.78, 5) is 78.8. The second kappa shape index (κ2) is 14.2. The van der Waals surface area contributed by atoms with Crippen LogP contribution in [-0.4, -0.2) is 97.6 Å². The SMILES string of the molecule is CC1C(S[C@H]2C[C@@H](C(=O)N(C)C)N(C(=O)OCc3ccc([N+](=O)[O-])cc3)C2)=C(C(=O)OCc2ccc([N+](=O)[O-])cc2)N2C(=O)C([C@@H](C)O)C12. The quantitative estimate of drug-likeness (QED) is 0.156. The molecule has 3 heterocycles. The predicted octanol–water partition coefficient (Wildman–Crippen LogP) is 3.22. The molecule has 0 aromatic heterocycles. The van der Waals surface area contributed by atoms with Gasteiger partial charge in [-0.1, -0.05) is 6.92 Å². The zero-order valence-corrected chi connectivity index (χ0v) is 27.9. The van der Waals surface area contributed by atoms with E-state index in [1.807, 2.05) is 6.92 Å². The molecule has 0 saturated carbocycles. The molecule has 2 fully saturated rings. The molecule has 0 bridgehead atoms. The molecule has 3 unspecified atom stereocenters. The Hall–Kier alpha value is -5.03. The molecule has 1 N–H and O–H groups in total. The van der Waals surface area contributed by atoms with Gasteiger partial charge in [0.1, 0.15) is 25.0 Å². The molecule has 2 aromatic carbocycles. The normalized spacial score (nSPS) is 23.4. The summed E-state index contributed by atoms with van der Waals surface area (Å²) in [6.07, 6.45) is -1.51. The highest BCUT2D eigenvalue weighted by molar-refractivity contribution is 8.03. The number of non-ortho nitro benzene ring substituents is 2. The smallest absolute Gasteiger partial charge is 0.410 e. The Morgan fingerprint density at radius 2 is 1.51 bits per heavy atom. The average molecular weight is 698 g/mol. The fourth-order valence-electron chi connectivity index (χ4n) is 6.34. The monoisotopic (exact) mass is 697 g/mol. The van der Waals surface area contributed by atoms with Crippen molar-refractivity contribution in [2.45, 2.75) is 56.9 Å². The molecule has 0 radical (unpaired) electrons. The lowest BCUT2D eigenvalue weighted by atomic mass is 9.79. The van der Waals surface area contributed by atoms with Gasteiger partial charge in [0.15, 0.2) is 0 Å². The van der Waals surface area contributed by atoms with Crippen LogP contribution in [0.1, 0.15) is 31.4 Å². The van der Waals surface area contributed by atoms with Gasteiger partial charge < -0.3 is 24.4 Å². The number of aliphatic hydroxyl groups is 1. The molecule has 2 aromatic rings. The molecule has 3 aliphatic rings. The Kier molecular flexibility index (Phi) is 10.2. The number of aliphatic hydroxyl groups excluding tert-OH is 1. The van der Waals surface area contributed by atoms with Crippen molar-refractivity contribution < 1.29 is 43.6 Å². The Balaban J connectivity index is 1.35. The molecule has 260 valence electrons. The number of likely N-dealkylation sites (tertiary alicyclic amines) is 1. The Morgan fingerprint density at radius 3 is 2.00 bits per heavy atom. The summed E-state index contributed by atoms with van der Waals surface area (Å²) in [5.74, 6) is -2.66. The number of benzene rings is 2. The third kappa shape index (κ3) is 7.07. The minimum atomic E-state index is -0.965. The van der Waals surface area contributed by atoms with Crippen LogP contribution in [0.15, 0.2) is 59.1 Å². The molecular formula is C32H35N5O11S. The van der Waals surface area contributed by atoms with E-state index in [0.29, 0.717) is 16.0 Å². The van der Waals surface area contributed by atoms with Gasteiger partial charge in [-0.2, -0.15) is 0 Å². The number of ether oxygens (including phenoxy) is 2. The number of nitrogens with zero attached hydrogens (tertiary/aromatic N) is 5. The first-order valence-electron chi connectivity index (χ1n) is 15.4. The third-order valence-electron chi connectivity index (χ3n) is 8.85. The van der Waals surface area contributed by atoms with Gasteiger partial charge >= 0.3 is 12.1 Å². The largest absolute Gasteiger partial charge is 0.456 e. The van der Waals surface area contributed by atoms with Crippen molar-refractivity contribution in [1.82, 2.24) is 14.7 Å². The van der Waals surface area contributed by atoms with Crippen molar-refractivity contribution in [3.8, 4) is 0 Å². The number of hydrogen-bond acceptors (Lipinski definition) is 12. The van der Waals surface area contributed by atoms with Crippen LogP contribution in [0.4, 0.5) is 16.2 Å². The van der Waals surface area contributed by atoms with E-state index in [4.69, 9.17) is 9.47 Å². The minimum Gasteiger partial charge on any atom is -0.456 e. The third-order valence-corrected chi connectivity index (χ3v) is 10.3. The molecule has 16 nitrogen and oxygen atoms in total. The fraction of sp³-hybridized carbons (Fsp3) is 0.438. The number of carbonyl (C=O) groups is 4. The van der Waals surface area contributed by atoms with Crippen molar-refractivity contribution in [2.24, 2.45) is 11.8 Å². The molecule has 0 spiro atoms. The fourth-order valence-corrected chi connectivity index (χ4v) is 7.86. The van der Waals surface area contributed by atoms with E-state index in [-0.39, 0.29) is 55.1 Å². The average Bonchev–Trinajstić information content (AvgIpc) is 3.59. The molecule has 49 heavy (non-hydrogen) atoms. The van der Waals surface area contributed by atoms with Crippen LogP contribution in [0.25, 0.3) is 0 Å². The molecular weight excluding hydrogens is 662 g/mol. The lowest BCUT2D eigenvalue weighted by molar-refractivity contribution is -0.385. The topological polar surface area (TPSA) is 203 Å². The van der Waals surface area contributed by atoms with Gasteiger partial charge in [0.05, 0.1) is 27.9 Å². The highest BCUT2D eigenvalue weighted by Gasteiger charge is 2.60. The van der Waals surface area contributed by atoms with Gasteiger partial charge in [-0.15, -0.1) is 11.8 Å². The lowest BCUT2D eigenvalue weighted by Gasteiger charge is -2.46. The molecule has 2 saturated heterocycles. The van der Waals surface area contributed by atoms with Crippen LogP contribution >= 0.6 is 11.8 Å². The molecule has 5 rings (SSSR count). The molecule has 3 amide bonds. The molecule has 6 atom stereocenters. The second-order valence-electron chi connectivity index (χ2n) is 12.3. The Labute approximate surface area is 284 Å². The van der Waals surface area contributed by atoms with Crippen LogP contribution in [0.5, 0.6) is 0 Å². The highest BCUT2D eigenvalue weighted by atomic mass is 32.2. The van der Waals surface area contributed by atoms with Gasteiger partial charge in [-0.25, -0.2) is 9.59 Å². The maximum absolute atomic E-state index is 13.6. The zero-order valence-electron chi connectivity index (χ0n) is 27.1. The number of thioether (sulfide) groups is 1. The molecule has 3 aliphatic heterocycles. The number of esters is 1. The predicted molar refractivity (Wildman–Crippen MR) is 173 cm³/mol. The van der Waals surface area contributed by atoms with Gasteiger partial charge in [0.2, 0.25) is 11.8 Å². The number of carbonyl (C=O) groups excluding carboxylic acids is 4. The standard InChI is InChI=1S/C32H35N5O11S/c1-17-26-25(18(2)38)30(40)35(26)27(31(41)47-15-19-5-9-21(10-6-19)36(43)44)28(17)49-23-13-24(29(39)33(3)4)34(14-23)32(42)48-16-20-7-11-22(12-8-20)37(45)46/h5-12,17-18,23-26,38H,13-16H2,1-4H3/t17?,18-,23+,24+,25?,26?/m1/s1. The van der Waals surface area contributed by atoms with Crippen LogP contribution in [0.3, 0.4) is 0 Å². The number of nitro groups is 2. The summed E-state index contributed by atoms with van der Waals surface area (Å²) in [6.45, 7) is 3.04. The first-order valence-corrected chi connectivity index (χ1v) is 16.3. The van der Waals surface area contributed by atoms with Crippen molar-refractivity contribution in [3.05, 3.63) is 90.5 Å². The van der Waals surface area contributed by atoms with E-state index in [2.05, 4.69) is 0 Å².